The van der Waals surface area contributed by atoms with Crippen LogP contribution >= 0.6 is 0 Å². The molecule has 0 unspecified atom stereocenters. The Balaban J connectivity index is 3.32. The molecular weight excluding hydrogens is 580 g/mol. The number of carbonyl (C=O) groups excluding carboxylic acids is 4. The van der Waals surface area contributed by atoms with Crippen LogP contribution in [0.2, 0.25) is 0 Å². The van der Waals surface area contributed by atoms with Crippen molar-refractivity contribution < 1.29 is 57.1 Å². The predicted octanol–water partition coefficient (Wildman–Crippen LogP) is 3.08. The minimum absolute atomic E-state index is 0.157. The second kappa shape index (κ2) is 29.9. The zero-order valence-corrected chi connectivity index (χ0v) is 26.5. The Kier molecular flexibility index (Phi) is 27.7. The fourth-order valence-corrected chi connectivity index (χ4v) is 3.04. The summed E-state index contributed by atoms with van der Waals surface area (Å²) >= 11 is 0. The molecule has 0 spiro atoms. The molecule has 0 radical (unpaired) electrons. The molecule has 0 aliphatic carbocycles. The lowest BCUT2D eigenvalue weighted by Gasteiger charge is -2.09. The SMILES string of the molecule is C=C(C)C(=O)OCCOCCCOCCOC(=O)NCCCCCCNC(=O)OCCOCCCOCCOC(=O)C(=C)C. The second-order valence-corrected chi connectivity index (χ2v) is 9.53. The Morgan fingerprint density at radius 2 is 0.750 bits per heavy atom. The summed E-state index contributed by atoms with van der Waals surface area (Å²) in [4.78, 5) is 45.7. The van der Waals surface area contributed by atoms with E-state index in [9.17, 15) is 19.2 Å². The van der Waals surface area contributed by atoms with Gasteiger partial charge in [-0.05, 0) is 39.5 Å². The third-order valence-corrected chi connectivity index (χ3v) is 5.34. The van der Waals surface area contributed by atoms with Gasteiger partial charge < -0.3 is 48.5 Å². The minimum Gasteiger partial charge on any atom is -0.460 e. The highest BCUT2D eigenvalue weighted by Crippen LogP contribution is 1.99. The number of unbranched alkanes of at least 4 members (excludes halogenated alkanes) is 3. The molecule has 44 heavy (non-hydrogen) atoms. The molecular formula is C30H52N2O12. The van der Waals surface area contributed by atoms with Crippen molar-refractivity contribution in [2.45, 2.75) is 52.4 Å². The van der Waals surface area contributed by atoms with Crippen molar-refractivity contribution in [1.82, 2.24) is 10.6 Å². The lowest BCUT2D eigenvalue weighted by Crippen LogP contribution is -2.27. The monoisotopic (exact) mass is 632 g/mol. The van der Waals surface area contributed by atoms with E-state index in [1.54, 1.807) is 13.8 Å². The van der Waals surface area contributed by atoms with Crippen molar-refractivity contribution >= 4 is 24.1 Å². The maximum atomic E-state index is 11.7. The topological polar surface area (TPSA) is 166 Å². The number of alkyl carbamates (subject to hydrolysis) is 2. The van der Waals surface area contributed by atoms with Crippen LogP contribution in [0.15, 0.2) is 24.3 Å². The number of ether oxygens (including phenoxy) is 8. The van der Waals surface area contributed by atoms with E-state index in [2.05, 4.69) is 23.8 Å². The molecule has 14 nitrogen and oxygen atoms in total. The van der Waals surface area contributed by atoms with Gasteiger partial charge in [0.15, 0.2) is 0 Å². The van der Waals surface area contributed by atoms with Crippen LogP contribution in [0.25, 0.3) is 0 Å². The molecule has 0 aliphatic heterocycles. The van der Waals surface area contributed by atoms with Gasteiger partial charge in [0.1, 0.15) is 26.4 Å². The molecule has 0 aromatic carbocycles. The Morgan fingerprint density at radius 1 is 0.432 bits per heavy atom. The summed E-state index contributed by atoms with van der Waals surface area (Å²) in [6.45, 7) is 14.9. The van der Waals surface area contributed by atoms with Crippen molar-refractivity contribution in [3.63, 3.8) is 0 Å². The molecule has 254 valence electrons. The summed E-state index contributed by atoms with van der Waals surface area (Å²) in [5.74, 6) is -0.861. The van der Waals surface area contributed by atoms with E-state index < -0.39 is 24.1 Å². The standard InChI is InChI=1S/C30H52N2O12/c1-25(2)27(33)41-21-17-37-13-9-15-39-19-23-43-29(35)31-11-7-5-6-8-12-32-30(36)44-24-20-40-16-10-14-38-18-22-42-28(34)26(3)4/h1,3,5-24H2,2,4H3,(H,31,35)(H,32,36). The van der Waals surface area contributed by atoms with Gasteiger partial charge in [-0.3, -0.25) is 0 Å². The first-order chi connectivity index (χ1) is 21.2. The second-order valence-electron chi connectivity index (χ2n) is 9.53. The summed E-state index contributed by atoms with van der Waals surface area (Å²) < 4.78 is 41.3. The van der Waals surface area contributed by atoms with Gasteiger partial charge >= 0.3 is 24.1 Å². The molecule has 2 amide bonds. The summed E-state index contributed by atoms with van der Waals surface area (Å²) in [5.41, 5.74) is 0.706. The van der Waals surface area contributed by atoms with Crippen molar-refractivity contribution in [3.05, 3.63) is 24.3 Å². The van der Waals surface area contributed by atoms with Crippen LogP contribution in [0.5, 0.6) is 0 Å². The van der Waals surface area contributed by atoms with E-state index in [0.717, 1.165) is 25.7 Å². The van der Waals surface area contributed by atoms with Gasteiger partial charge in [-0.25, -0.2) is 19.2 Å². The number of esters is 2. The van der Waals surface area contributed by atoms with Crippen LogP contribution in [0.4, 0.5) is 9.59 Å². The van der Waals surface area contributed by atoms with E-state index in [4.69, 9.17) is 37.9 Å². The van der Waals surface area contributed by atoms with E-state index in [-0.39, 0.29) is 26.4 Å². The molecule has 14 heteroatoms. The number of carbonyl (C=O) groups is 4. The fourth-order valence-electron chi connectivity index (χ4n) is 3.04. The van der Waals surface area contributed by atoms with Crippen molar-refractivity contribution in [2.75, 3.05) is 92.4 Å². The van der Waals surface area contributed by atoms with E-state index in [1.165, 1.54) is 0 Å². The van der Waals surface area contributed by atoms with E-state index in [0.29, 0.717) is 89.9 Å². The Bertz CT molecular complexity index is 756. The van der Waals surface area contributed by atoms with Crippen molar-refractivity contribution in [3.8, 4) is 0 Å². The van der Waals surface area contributed by atoms with Crippen LogP contribution in [0.1, 0.15) is 52.4 Å². The molecule has 0 atom stereocenters. The smallest absolute Gasteiger partial charge is 0.407 e. The number of hydrogen-bond acceptors (Lipinski definition) is 12. The molecule has 0 saturated heterocycles. The number of hydrogen-bond donors (Lipinski definition) is 2. The third-order valence-electron chi connectivity index (χ3n) is 5.34. The van der Waals surface area contributed by atoms with E-state index >= 15 is 0 Å². The molecule has 0 bridgehead atoms. The van der Waals surface area contributed by atoms with Crippen LogP contribution in [0.3, 0.4) is 0 Å². The van der Waals surface area contributed by atoms with Crippen LogP contribution < -0.4 is 10.6 Å². The highest BCUT2D eigenvalue weighted by Gasteiger charge is 2.05. The predicted molar refractivity (Wildman–Crippen MR) is 161 cm³/mol. The van der Waals surface area contributed by atoms with E-state index in [1.807, 2.05) is 0 Å². The summed E-state index contributed by atoms with van der Waals surface area (Å²) in [7, 11) is 0. The number of nitrogens with one attached hydrogen (secondary N) is 2. The van der Waals surface area contributed by atoms with Gasteiger partial charge in [-0.2, -0.15) is 0 Å². The van der Waals surface area contributed by atoms with Crippen LogP contribution in [-0.4, -0.2) is 116 Å². The van der Waals surface area contributed by atoms with Gasteiger partial charge in [0.05, 0.1) is 26.4 Å². The lowest BCUT2D eigenvalue weighted by atomic mass is 10.2. The van der Waals surface area contributed by atoms with Gasteiger partial charge in [0.2, 0.25) is 0 Å². The summed E-state index contributed by atoms with van der Waals surface area (Å²) in [6.07, 6.45) is 3.77. The highest BCUT2D eigenvalue weighted by atomic mass is 16.6. The summed E-state index contributed by atoms with van der Waals surface area (Å²) in [5, 5.41) is 5.38. The molecule has 0 aliphatic rings. The largest absolute Gasteiger partial charge is 0.460 e. The third kappa shape index (κ3) is 28.9. The summed E-state index contributed by atoms with van der Waals surface area (Å²) in [6, 6.07) is 0. The Labute approximate surface area is 261 Å². The zero-order valence-electron chi connectivity index (χ0n) is 26.5. The first-order valence-electron chi connectivity index (χ1n) is 15.0. The number of rotatable bonds is 29. The molecule has 0 heterocycles. The number of amides is 2. The van der Waals surface area contributed by atoms with Crippen LogP contribution in [0, 0.1) is 0 Å². The Hall–Kier alpha value is -3.20. The maximum absolute atomic E-state index is 11.7. The lowest BCUT2D eigenvalue weighted by molar-refractivity contribution is -0.141. The quantitative estimate of drug-likeness (QED) is 0.0536. The molecule has 0 aromatic heterocycles. The molecule has 0 aromatic rings. The zero-order chi connectivity index (χ0) is 32.7. The van der Waals surface area contributed by atoms with Gasteiger partial charge in [0, 0.05) is 50.7 Å². The molecule has 0 saturated carbocycles. The molecule has 0 fully saturated rings. The molecule has 0 rings (SSSR count). The average molecular weight is 633 g/mol. The normalized spacial score (nSPS) is 10.5. The molecule has 2 N–H and O–H groups in total. The van der Waals surface area contributed by atoms with Gasteiger partial charge in [0.25, 0.3) is 0 Å². The highest BCUT2D eigenvalue weighted by molar-refractivity contribution is 5.87. The first kappa shape index (κ1) is 40.8. The van der Waals surface area contributed by atoms with Gasteiger partial charge in [-0.1, -0.05) is 26.0 Å². The fraction of sp³-hybridized carbons (Fsp3) is 0.733. The maximum Gasteiger partial charge on any atom is 0.407 e. The first-order valence-corrected chi connectivity index (χ1v) is 15.0. The van der Waals surface area contributed by atoms with Crippen molar-refractivity contribution in [2.24, 2.45) is 0 Å². The average Bonchev–Trinajstić information content (AvgIpc) is 2.99. The van der Waals surface area contributed by atoms with Crippen LogP contribution in [-0.2, 0) is 47.5 Å². The van der Waals surface area contributed by atoms with Gasteiger partial charge in [-0.15, -0.1) is 0 Å². The minimum atomic E-state index is -0.484. The van der Waals surface area contributed by atoms with Crippen molar-refractivity contribution in [1.29, 1.82) is 0 Å². The Morgan fingerprint density at radius 3 is 1.07 bits per heavy atom.